The van der Waals surface area contributed by atoms with Crippen LogP contribution in [-0.4, -0.2) is 39.9 Å². The SMILES string of the molecule is CC(C)(C)n1cc(C(=O)N(C[C@@H]2CCCO2)c2ccncc2)cn1. The zero-order valence-electron chi connectivity index (χ0n) is 14.5. The fourth-order valence-corrected chi connectivity index (χ4v) is 2.78. The number of rotatable bonds is 4. The lowest BCUT2D eigenvalue weighted by Crippen LogP contribution is -2.37. The van der Waals surface area contributed by atoms with Gasteiger partial charge < -0.3 is 9.64 Å². The average Bonchev–Trinajstić information content (AvgIpc) is 3.24. The van der Waals surface area contributed by atoms with Gasteiger partial charge in [0, 0.05) is 30.9 Å². The Balaban J connectivity index is 1.86. The van der Waals surface area contributed by atoms with Crippen LogP contribution in [0.5, 0.6) is 0 Å². The highest BCUT2D eigenvalue weighted by molar-refractivity contribution is 6.05. The predicted octanol–water partition coefficient (Wildman–Crippen LogP) is 2.86. The zero-order valence-corrected chi connectivity index (χ0v) is 14.5. The van der Waals surface area contributed by atoms with E-state index < -0.39 is 0 Å². The molecule has 24 heavy (non-hydrogen) atoms. The fourth-order valence-electron chi connectivity index (χ4n) is 2.78. The summed E-state index contributed by atoms with van der Waals surface area (Å²) in [4.78, 5) is 18.9. The highest BCUT2D eigenvalue weighted by Gasteiger charge is 2.26. The van der Waals surface area contributed by atoms with Crippen LogP contribution >= 0.6 is 0 Å². The van der Waals surface area contributed by atoms with Crippen molar-refractivity contribution in [3.63, 3.8) is 0 Å². The normalized spacial score (nSPS) is 17.9. The number of ether oxygens (including phenoxy) is 1. The van der Waals surface area contributed by atoms with Gasteiger partial charge in [0.2, 0.25) is 0 Å². The minimum atomic E-state index is -0.158. The summed E-state index contributed by atoms with van der Waals surface area (Å²) in [5, 5.41) is 4.34. The molecule has 0 aliphatic carbocycles. The van der Waals surface area contributed by atoms with Crippen molar-refractivity contribution in [1.82, 2.24) is 14.8 Å². The summed E-state index contributed by atoms with van der Waals surface area (Å²) in [5.74, 6) is -0.0628. The molecule has 1 aliphatic rings. The van der Waals surface area contributed by atoms with E-state index in [9.17, 15) is 4.79 Å². The average molecular weight is 328 g/mol. The lowest BCUT2D eigenvalue weighted by molar-refractivity contribution is 0.0917. The molecule has 0 radical (unpaired) electrons. The van der Waals surface area contributed by atoms with E-state index >= 15 is 0 Å². The van der Waals surface area contributed by atoms with Gasteiger partial charge in [0.05, 0.1) is 29.9 Å². The molecule has 0 aromatic carbocycles. The van der Waals surface area contributed by atoms with Crippen molar-refractivity contribution >= 4 is 11.6 Å². The van der Waals surface area contributed by atoms with Gasteiger partial charge in [-0.1, -0.05) is 0 Å². The minimum absolute atomic E-state index is 0.0628. The number of carbonyl (C=O) groups excluding carboxylic acids is 1. The number of carbonyl (C=O) groups is 1. The van der Waals surface area contributed by atoms with Crippen molar-refractivity contribution in [3.05, 3.63) is 42.5 Å². The van der Waals surface area contributed by atoms with Crippen molar-refractivity contribution in [3.8, 4) is 0 Å². The van der Waals surface area contributed by atoms with Crippen LogP contribution in [0.1, 0.15) is 44.0 Å². The molecule has 0 spiro atoms. The van der Waals surface area contributed by atoms with Crippen LogP contribution in [0.4, 0.5) is 5.69 Å². The first kappa shape index (κ1) is 16.6. The van der Waals surface area contributed by atoms with Crippen LogP contribution in [-0.2, 0) is 10.3 Å². The van der Waals surface area contributed by atoms with E-state index in [0.29, 0.717) is 12.1 Å². The van der Waals surface area contributed by atoms with Gasteiger partial charge in [0.1, 0.15) is 0 Å². The van der Waals surface area contributed by atoms with Crippen molar-refractivity contribution < 1.29 is 9.53 Å². The van der Waals surface area contributed by atoms with E-state index in [4.69, 9.17) is 4.74 Å². The molecular weight excluding hydrogens is 304 g/mol. The molecule has 128 valence electrons. The molecule has 1 aliphatic heterocycles. The highest BCUT2D eigenvalue weighted by Crippen LogP contribution is 2.22. The van der Waals surface area contributed by atoms with E-state index in [1.165, 1.54) is 0 Å². The summed E-state index contributed by atoms with van der Waals surface area (Å²) in [7, 11) is 0. The van der Waals surface area contributed by atoms with E-state index in [1.54, 1.807) is 23.5 Å². The number of nitrogens with zero attached hydrogens (tertiary/aromatic N) is 4. The highest BCUT2D eigenvalue weighted by atomic mass is 16.5. The van der Waals surface area contributed by atoms with Gasteiger partial charge in [0.15, 0.2) is 0 Å². The maximum Gasteiger partial charge on any atom is 0.261 e. The molecule has 1 amide bonds. The molecule has 0 N–H and O–H groups in total. The topological polar surface area (TPSA) is 60.2 Å². The third-order valence-corrected chi connectivity index (χ3v) is 4.15. The molecule has 0 saturated carbocycles. The third kappa shape index (κ3) is 3.64. The van der Waals surface area contributed by atoms with E-state index in [-0.39, 0.29) is 17.6 Å². The number of hydrogen-bond acceptors (Lipinski definition) is 4. The van der Waals surface area contributed by atoms with Gasteiger partial charge >= 0.3 is 0 Å². The summed E-state index contributed by atoms with van der Waals surface area (Å²) in [6.45, 7) is 7.48. The van der Waals surface area contributed by atoms with Crippen molar-refractivity contribution in [2.24, 2.45) is 0 Å². The van der Waals surface area contributed by atoms with E-state index in [2.05, 4.69) is 30.9 Å². The second kappa shape index (κ2) is 6.73. The molecule has 0 unspecified atom stereocenters. The van der Waals surface area contributed by atoms with Gasteiger partial charge in [-0.25, -0.2) is 0 Å². The van der Waals surface area contributed by atoms with Crippen LogP contribution in [0.3, 0.4) is 0 Å². The molecule has 0 bridgehead atoms. The number of amides is 1. The van der Waals surface area contributed by atoms with Crippen molar-refractivity contribution in [2.45, 2.75) is 45.3 Å². The predicted molar refractivity (Wildman–Crippen MR) is 92.1 cm³/mol. The fraction of sp³-hybridized carbons (Fsp3) is 0.500. The lowest BCUT2D eigenvalue weighted by Gasteiger charge is -2.25. The maximum absolute atomic E-state index is 13.1. The Morgan fingerprint density at radius 1 is 1.38 bits per heavy atom. The van der Waals surface area contributed by atoms with Crippen LogP contribution in [0.15, 0.2) is 36.9 Å². The Morgan fingerprint density at radius 3 is 2.71 bits per heavy atom. The van der Waals surface area contributed by atoms with Gasteiger partial charge in [0.25, 0.3) is 5.91 Å². The first-order valence-corrected chi connectivity index (χ1v) is 8.34. The van der Waals surface area contributed by atoms with Crippen molar-refractivity contribution in [1.29, 1.82) is 0 Å². The number of hydrogen-bond donors (Lipinski definition) is 0. The molecule has 6 heteroatoms. The second-order valence-electron chi connectivity index (χ2n) is 7.10. The largest absolute Gasteiger partial charge is 0.376 e. The number of aromatic nitrogens is 3. The summed E-state index contributed by atoms with van der Waals surface area (Å²) in [6, 6.07) is 3.70. The minimum Gasteiger partial charge on any atom is -0.376 e. The molecule has 6 nitrogen and oxygen atoms in total. The molecule has 2 aromatic heterocycles. The van der Waals surface area contributed by atoms with Crippen molar-refractivity contribution in [2.75, 3.05) is 18.1 Å². The van der Waals surface area contributed by atoms with Gasteiger partial charge in [-0.15, -0.1) is 0 Å². The monoisotopic (exact) mass is 328 g/mol. The summed E-state index contributed by atoms with van der Waals surface area (Å²) >= 11 is 0. The van der Waals surface area contributed by atoms with Crippen LogP contribution in [0.2, 0.25) is 0 Å². The summed E-state index contributed by atoms with van der Waals surface area (Å²) in [6.07, 6.45) is 8.96. The summed E-state index contributed by atoms with van der Waals surface area (Å²) in [5.41, 5.74) is 1.25. The number of pyridine rings is 1. The van der Waals surface area contributed by atoms with Gasteiger partial charge in [-0.3, -0.25) is 14.5 Å². The Bertz CT molecular complexity index is 685. The van der Waals surface area contributed by atoms with Gasteiger partial charge in [-0.2, -0.15) is 5.10 Å². The molecule has 1 fully saturated rings. The maximum atomic E-state index is 13.1. The first-order valence-electron chi connectivity index (χ1n) is 8.34. The zero-order chi connectivity index (χ0) is 17.2. The molecule has 3 rings (SSSR count). The molecule has 1 atom stereocenters. The third-order valence-electron chi connectivity index (χ3n) is 4.15. The lowest BCUT2D eigenvalue weighted by atomic mass is 10.1. The quantitative estimate of drug-likeness (QED) is 0.866. The number of anilines is 1. The Hall–Kier alpha value is -2.21. The first-order chi connectivity index (χ1) is 11.4. The molecule has 1 saturated heterocycles. The Morgan fingerprint density at radius 2 is 2.12 bits per heavy atom. The smallest absolute Gasteiger partial charge is 0.261 e. The van der Waals surface area contributed by atoms with Crippen LogP contribution < -0.4 is 4.90 Å². The van der Waals surface area contributed by atoms with Crippen LogP contribution in [0.25, 0.3) is 0 Å². The van der Waals surface area contributed by atoms with E-state index in [0.717, 1.165) is 25.1 Å². The molecule has 2 aromatic rings. The standard InChI is InChI=1S/C18H24N4O2/c1-18(2,3)22-12-14(11-20-22)17(23)21(13-16-5-4-10-24-16)15-6-8-19-9-7-15/h6-9,11-12,16H,4-5,10,13H2,1-3H3/t16-/m0/s1. The van der Waals surface area contributed by atoms with E-state index in [1.807, 2.05) is 23.0 Å². The Kier molecular flexibility index (Phi) is 4.66. The van der Waals surface area contributed by atoms with Crippen LogP contribution in [0, 0.1) is 0 Å². The Labute approximate surface area is 142 Å². The summed E-state index contributed by atoms with van der Waals surface area (Å²) < 4.78 is 7.54. The molecule has 3 heterocycles. The van der Waals surface area contributed by atoms with Gasteiger partial charge in [-0.05, 0) is 45.7 Å². The molecular formula is C18H24N4O2. The second-order valence-corrected chi connectivity index (χ2v) is 7.10.